The summed E-state index contributed by atoms with van der Waals surface area (Å²) in [7, 11) is 0. The van der Waals surface area contributed by atoms with E-state index in [-0.39, 0.29) is 0 Å². The number of fused-ring (bicyclic) bond motifs is 1. The molecule has 0 saturated carbocycles. The summed E-state index contributed by atoms with van der Waals surface area (Å²) >= 11 is 5.95. The number of benzene rings is 3. The van der Waals surface area contributed by atoms with Gasteiger partial charge in [0.05, 0.1) is 0 Å². The van der Waals surface area contributed by atoms with Crippen molar-refractivity contribution >= 4 is 22.4 Å². The summed E-state index contributed by atoms with van der Waals surface area (Å²) in [4.78, 5) is 0. The van der Waals surface area contributed by atoms with Crippen molar-refractivity contribution in [2.24, 2.45) is 0 Å². The number of hydrogen-bond acceptors (Lipinski definition) is 0. The molecule has 0 nitrogen and oxygen atoms in total. The van der Waals surface area contributed by atoms with Gasteiger partial charge in [0.2, 0.25) is 0 Å². The highest BCUT2D eigenvalue weighted by Crippen LogP contribution is 2.32. The molecule has 0 spiro atoms. The molecule has 0 aliphatic rings. The van der Waals surface area contributed by atoms with Crippen LogP contribution in [0.15, 0.2) is 66.7 Å². The van der Waals surface area contributed by atoms with Crippen molar-refractivity contribution < 1.29 is 0 Å². The molecule has 0 fully saturated rings. The molecule has 0 saturated heterocycles. The third kappa shape index (κ3) is 2.36. The molecule has 1 heteroatoms. The molecule has 0 aliphatic carbocycles. The van der Waals surface area contributed by atoms with Gasteiger partial charge in [-0.15, -0.1) is 11.6 Å². The Hall–Kier alpha value is -1.79. The molecule has 0 N–H and O–H groups in total. The van der Waals surface area contributed by atoms with Crippen LogP contribution in [0.25, 0.3) is 21.9 Å². The van der Waals surface area contributed by atoms with Crippen LogP contribution < -0.4 is 0 Å². The van der Waals surface area contributed by atoms with Crippen LogP contribution in [0.1, 0.15) is 5.56 Å². The Balaban J connectivity index is 2.32. The van der Waals surface area contributed by atoms with Gasteiger partial charge in [0.15, 0.2) is 0 Å². The van der Waals surface area contributed by atoms with Gasteiger partial charge in [-0.05, 0) is 33.9 Å². The summed E-state index contributed by atoms with van der Waals surface area (Å²) in [6, 6.07) is 23.5. The fourth-order valence-corrected chi connectivity index (χ4v) is 2.78. The second-order valence-corrected chi connectivity index (χ2v) is 5.00. The van der Waals surface area contributed by atoms with Gasteiger partial charge >= 0.3 is 0 Å². The van der Waals surface area contributed by atoms with Gasteiger partial charge in [-0.3, -0.25) is 0 Å². The molecule has 0 heterocycles. The zero-order valence-corrected chi connectivity index (χ0v) is 11.4. The monoisotopic (exact) mass is 266 g/mol. The molecular formula is C18H15Cl. The molecule has 3 aromatic rings. The number of alkyl halides is 1. The van der Waals surface area contributed by atoms with E-state index in [0.717, 1.165) is 6.42 Å². The Kier molecular flexibility index (Phi) is 3.52. The second-order valence-electron chi connectivity index (χ2n) is 4.63. The van der Waals surface area contributed by atoms with Gasteiger partial charge in [0.25, 0.3) is 0 Å². The zero-order valence-electron chi connectivity index (χ0n) is 10.6. The Labute approximate surface area is 118 Å². The van der Waals surface area contributed by atoms with Crippen LogP contribution in [0.4, 0.5) is 0 Å². The van der Waals surface area contributed by atoms with Crippen molar-refractivity contribution in [3.63, 3.8) is 0 Å². The normalized spacial score (nSPS) is 10.8. The highest BCUT2D eigenvalue weighted by molar-refractivity contribution is 6.18. The smallest absolute Gasteiger partial charge is 0.0264 e. The van der Waals surface area contributed by atoms with Crippen molar-refractivity contribution in [1.29, 1.82) is 0 Å². The number of aryl methyl sites for hydroxylation is 1. The number of hydrogen-bond donors (Lipinski definition) is 0. The van der Waals surface area contributed by atoms with Crippen LogP contribution in [0.3, 0.4) is 0 Å². The first kappa shape index (κ1) is 12.3. The summed E-state index contributed by atoms with van der Waals surface area (Å²) in [6.45, 7) is 0. The van der Waals surface area contributed by atoms with Gasteiger partial charge < -0.3 is 0 Å². The van der Waals surface area contributed by atoms with E-state index in [1.165, 1.54) is 27.5 Å². The fourth-order valence-electron chi connectivity index (χ4n) is 2.57. The summed E-state index contributed by atoms with van der Waals surface area (Å²) in [5.74, 6) is 0.651. The molecule has 0 aromatic heterocycles. The maximum absolute atomic E-state index is 5.95. The van der Waals surface area contributed by atoms with Crippen molar-refractivity contribution in [3.8, 4) is 11.1 Å². The molecule has 0 unspecified atom stereocenters. The average molecular weight is 267 g/mol. The third-order valence-corrected chi connectivity index (χ3v) is 3.63. The van der Waals surface area contributed by atoms with Crippen LogP contribution in [0, 0.1) is 0 Å². The summed E-state index contributed by atoms with van der Waals surface area (Å²) in [6.07, 6.45) is 0.899. The first-order chi connectivity index (χ1) is 9.40. The standard InChI is InChI=1S/C18H15Cl/c19-13-12-16-11-10-14-6-4-5-9-17(14)18(16)15-7-2-1-3-8-15/h1-11H,12-13H2. The van der Waals surface area contributed by atoms with E-state index in [1.807, 2.05) is 0 Å². The van der Waals surface area contributed by atoms with Gasteiger partial charge in [-0.1, -0.05) is 66.7 Å². The first-order valence-corrected chi connectivity index (χ1v) is 7.05. The predicted octanol–water partition coefficient (Wildman–Crippen LogP) is 5.29. The maximum Gasteiger partial charge on any atom is 0.0264 e. The Morgan fingerprint density at radius 2 is 1.47 bits per heavy atom. The zero-order chi connectivity index (χ0) is 13.1. The highest BCUT2D eigenvalue weighted by atomic mass is 35.5. The van der Waals surface area contributed by atoms with E-state index in [4.69, 9.17) is 11.6 Å². The fraction of sp³-hybridized carbons (Fsp3) is 0.111. The molecule has 0 atom stereocenters. The molecule has 3 aromatic carbocycles. The van der Waals surface area contributed by atoms with E-state index in [1.54, 1.807) is 0 Å². The van der Waals surface area contributed by atoms with E-state index in [9.17, 15) is 0 Å². The molecule has 3 rings (SSSR count). The van der Waals surface area contributed by atoms with E-state index < -0.39 is 0 Å². The van der Waals surface area contributed by atoms with E-state index in [2.05, 4.69) is 66.7 Å². The third-order valence-electron chi connectivity index (χ3n) is 3.44. The predicted molar refractivity (Wildman–Crippen MR) is 83.8 cm³/mol. The van der Waals surface area contributed by atoms with E-state index >= 15 is 0 Å². The lowest BCUT2D eigenvalue weighted by atomic mass is 9.92. The van der Waals surface area contributed by atoms with Crippen molar-refractivity contribution in [2.45, 2.75) is 6.42 Å². The quantitative estimate of drug-likeness (QED) is 0.565. The van der Waals surface area contributed by atoms with Gasteiger partial charge in [0, 0.05) is 5.88 Å². The number of rotatable bonds is 3. The first-order valence-electron chi connectivity index (χ1n) is 6.52. The van der Waals surface area contributed by atoms with Gasteiger partial charge in [-0.2, -0.15) is 0 Å². The van der Waals surface area contributed by atoms with Crippen molar-refractivity contribution in [3.05, 3.63) is 72.3 Å². The lowest BCUT2D eigenvalue weighted by Gasteiger charge is -2.12. The van der Waals surface area contributed by atoms with Gasteiger partial charge in [-0.25, -0.2) is 0 Å². The topological polar surface area (TPSA) is 0 Å². The molecule has 0 radical (unpaired) electrons. The molecule has 0 aliphatic heterocycles. The lowest BCUT2D eigenvalue weighted by molar-refractivity contribution is 1.16. The van der Waals surface area contributed by atoms with Crippen LogP contribution in [-0.2, 0) is 6.42 Å². The van der Waals surface area contributed by atoms with E-state index in [0.29, 0.717) is 5.88 Å². The maximum atomic E-state index is 5.95. The van der Waals surface area contributed by atoms with Crippen LogP contribution in [-0.4, -0.2) is 5.88 Å². The molecular weight excluding hydrogens is 252 g/mol. The minimum absolute atomic E-state index is 0.651. The average Bonchev–Trinajstić information content (AvgIpc) is 2.48. The van der Waals surface area contributed by atoms with Crippen LogP contribution >= 0.6 is 11.6 Å². The summed E-state index contributed by atoms with van der Waals surface area (Å²) in [5.41, 5.74) is 3.90. The van der Waals surface area contributed by atoms with Crippen LogP contribution in [0.2, 0.25) is 0 Å². The largest absolute Gasteiger partial charge is 0.126 e. The van der Waals surface area contributed by atoms with Crippen LogP contribution in [0.5, 0.6) is 0 Å². The van der Waals surface area contributed by atoms with Crippen molar-refractivity contribution in [2.75, 3.05) is 5.88 Å². The Morgan fingerprint density at radius 3 is 2.26 bits per heavy atom. The summed E-state index contributed by atoms with van der Waals surface area (Å²) in [5, 5.41) is 2.58. The lowest BCUT2D eigenvalue weighted by Crippen LogP contribution is -1.93. The highest BCUT2D eigenvalue weighted by Gasteiger charge is 2.08. The molecule has 94 valence electrons. The minimum atomic E-state index is 0.651. The van der Waals surface area contributed by atoms with Crippen molar-refractivity contribution in [1.82, 2.24) is 0 Å². The Morgan fingerprint density at radius 1 is 0.737 bits per heavy atom. The Bertz CT molecular complexity index is 686. The number of halogens is 1. The van der Waals surface area contributed by atoms with Gasteiger partial charge in [0.1, 0.15) is 0 Å². The molecule has 0 bridgehead atoms. The molecule has 19 heavy (non-hydrogen) atoms. The summed E-state index contributed by atoms with van der Waals surface area (Å²) < 4.78 is 0. The minimum Gasteiger partial charge on any atom is -0.126 e. The SMILES string of the molecule is ClCCc1ccc2ccccc2c1-c1ccccc1. The second kappa shape index (κ2) is 5.46. The molecule has 0 amide bonds.